The molecule has 0 saturated carbocycles. The zero-order valence-corrected chi connectivity index (χ0v) is 13.4. The molecule has 1 aromatic heterocycles. The third-order valence-electron chi connectivity index (χ3n) is 3.89. The molecule has 0 fully saturated rings. The van der Waals surface area contributed by atoms with Gasteiger partial charge < -0.3 is 9.88 Å². The molecule has 0 bridgehead atoms. The van der Waals surface area contributed by atoms with E-state index in [1.165, 1.54) is 11.6 Å². The van der Waals surface area contributed by atoms with Gasteiger partial charge in [-0.15, -0.1) is 0 Å². The highest BCUT2D eigenvalue weighted by atomic mass is 19.1. The first-order valence-electron chi connectivity index (χ1n) is 7.65. The fourth-order valence-corrected chi connectivity index (χ4v) is 2.71. The number of nitrogens with zero attached hydrogens (tertiary/aromatic N) is 1. The molecule has 2 rings (SSSR count). The Labute approximate surface area is 127 Å². The largest absolute Gasteiger partial charge is 0.350 e. The number of aryl methyl sites for hydroxylation is 1. The maximum atomic E-state index is 13.4. The van der Waals surface area contributed by atoms with Crippen LogP contribution in [0.2, 0.25) is 0 Å². The van der Waals surface area contributed by atoms with Crippen molar-refractivity contribution in [1.29, 1.82) is 0 Å². The summed E-state index contributed by atoms with van der Waals surface area (Å²) in [7, 11) is 0. The van der Waals surface area contributed by atoms with Crippen LogP contribution < -0.4 is 5.32 Å². The molecule has 0 aliphatic rings. The van der Waals surface area contributed by atoms with Gasteiger partial charge in [-0.1, -0.05) is 26.8 Å². The van der Waals surface area contributed by atoms with Crippen molar-refractivity contribution >= 4 is 0 Å². The smallest absolute Gasteiger partial charge is 0.123 e. The normalized spacial score (nSPS) is 12.9. The van der Waals surface area contributed by atoms with Gasteiger partial charge in [0.1, 0.15) is 5.82 Å². The molecule has 1 heterocycles. The minimum atomic E-state index is -0.171. The molecule has 2 aromatic rings. The Bertz CT molecular complexity index is 587. The summed E-state index contributed by atoms with van der Waals surface area (Å²) in [6, 6.07) is 7.50. The molecular formula is C18H25FN2. The number of rotatable bonds is 6. The van der Waals surface area contributed by atoms with Crippen LogP contribution in [0.3, 0.4) is 0 Å². The quantitative estimate of drug-likeness (QED) is 0.839. The topological polar surface area (TPSA) is 17.0 Å². The highest BCUT2D eigenvalue weighted by Crippen LogP contribution is 2.22. The van der Waals surface area contributed by atoms with Crippen molar-refractivity contribution in [2.24, 2.45) is 5.92 Å². The van der Waals surface area contributed by atoms with Gasteiger partial charge in [0, 0.05) is 25.0 Å². The van der Waals surface area contributed by atoms with Crippen molar-refractivity contribution in [3.8, 4) is 0 Å². The fraction of sp³-hybridized carbons (Fsp3) is 0.444. The van der Waals surface area contributed by atoms with E-state index >= 15 is 0 Å². The lowest BCUT2D eigenvalue weighted by atomic mass is 9.98. The number of hydrogen-bond acceptors (Lipinski definition) is 1. The first-order valence-corrected chi connectivity index (χ1v) is 7.65. The van der Waals surface area contributed by atoms with Crippen molar-refractivity contribution in [3.05, 3.63) is 59.2 Å². The van der Waals surface area contributed by atoms with Crippen molar-refractivity contribution in [3.63, 3.8) is 0 Å². The van der Waals surface area contributed by atoms with Crippen molar-refractivity contribution < 1.29 is 4.39 Å². The highest BCUT2D eigenvalue weighted by molar-refractivity contribution is 5.27. The van der Waals surface area contributed by atoms with Gasteiger partial charge in [-0.05, 0) is 54.3 Å². The minimum Gasteiger partial charge on any atom is -0.350 e. The van der Waals surface area contributed by atoms with E-state index in [9.17, 15) is 4.39 Å². The van der Waals surface area contributed by atoms with Gasteiger partial charge in [-0.3, -0.25) is 0 Å². The minimum absolute atomic E-state index is 0.171. The summed E-state index contributed by atoms with van der Waals surface area (Å²) in [5.74, 6) is 0.368. The molecule has 0 spiro atoms. The number of halogens is 1. The molecule has 1 atom stereocenters. The molecule has 1 aromatic carbocycles. The summed E-state index contributed by atoms with van der Waals surface area (Å²) in [4.78, 5) is 0. The maximum Gasteiger partial charge on any atom is 0.123 e. The Morgan fingerprint density at radius 3 is 2.67 bits per heavy atom. The zero-order valence-electron chi connectivity index (χ0n) is 13.4. The number of nitrogens with one attached hydrogen (secondary N) is 1. The Hall–Kier alpha value is -1.61. The van der Waals surface area contributed by atoms with Crippen LogP contribution in [0.25, 0.3) is 0 Å². The molecule has 1 N–H and O–H groups in total. The summed E-state index contributed by atoms with van der Waals surface area (Å²) in [6.45, 7) is 10.3. The predicted octanol–water partition coefficient (Wildman–Crippen LogP) is 4.29. The maximum absolute atomic E-state index is 13.4. The van der Waals surface area contributed by atoms with E-state index in [0.717, 1.165) is 17.7 Å². The van der Waals surface area contributed by atoms with E-state index in [0.29, 0.717) is 18.5 Å². The van der Waals surface area contributed by atoms with Crippen molar-refractivity contribution in [2.45, 2.75) is 40.3 Å². The SMILES string of the molecule is CCNC(c1ccn(Cc2cc(F)ccc2C)c1)C(C)C. The standard InChI is InChI=1S/C18H25FN2/c1-5-20-18(13(2)3)15-8-9-21(11-15)12-16-10-17(19)7-6-14(16)4/h6-11,13,18,20H,5,12H2,1-4H3. The molecule has 0 saturated heterocycles. The average molecular weight is 288 g/mol. The Balaban J connectivity index is 2.17. The van der Waals surface area contributed by atoms with Gasteiger partial charge in [0.05, 0.1) is 0 Å². The summed E-state index contributed by atoms with van der Waals surface area (Å²) in [6.07, 6.45) is 4.24. The lowest BCUT2D eigenvalue weighted by Crippen LogP contribution is -2.25. The van der Waals surface area contributed by atoms with Gasteiger partial charge >= 0.3 is 0 Å². The first kappa shape index (κ1) is 15.8. The molecule has 114 valence electrons. The van der Waals surface area contributed by atoms with Crippen LogP contribution in [0.15, 0.2) is 36.7 Å². The van der Waals surface area contributed by atoms with Gasteiger partial charge in [-0.2, -0.15) is 0 Å². The zero-order chi connectivity index (χ0) is 15.4. The summed E-state index contributed by atoms with van der Waals surface area (Å²) < 4.78 is 15.5. The van der Waals surface area contributed by atoms with E-state index < -0.39 is 0 Å². The lowest BCUT2D eigenvalue weighted by Gasteiger charge is -2.20. The number of aromatic nitrogens is 1. The Morgan fingerprint density at radius 1 is 1.24 bits per heavy atom. The van der Waals surface area contributed by atoms with Crippen LogP contribution >= 0.6 is 0 Å². The molecular weight excluding hydrogens is 263 g/mol. The van der Waals surface area contributed by atoms with Crippen LogP contribution in [0, 0.1) is 18.7 Å². The van der Waals surface area contributed by atoms with Gasteiger partial charge in [0.15, 0.2) is 0 Å². The monoisotopic (exact) mass is 288 g/mol. The van der Waals surface area contributed by atoms with Crippen LogP contribution in [0.1, 0.15) is 43.5 Å². The van der Waals surface area contributed by atoms with Crippen LogP contribution in [-0.4, -0.2) is 11.1 Å². The van der Waals surface area contributed by atoms with E-state index in [-0.39, 0.29) is 5.82 Å². The molecule has 1 unspecified atom stereocenters. The molecule has 0 aliphatic carbocycles. The van der Waals surface area contributed by atoms with E-state index in [2.05, 4.69) is 49.1 Å². The van der Waals surface area contributed by atoms with Crippen molar-refractivity contribution in [2.75, 3.05) is 6.54 Å². The lowest BCUT2D eigenvalue weighted by molar-refractivity contribution is 0.421. The van der Waals surface area contributed by atoms with Gasteiger partial charge in [0.25, 0.3) is 0 Å². The van der Waals surface area contributed by atoms with Crippen LogP contribution in [0.5, 0.6) is 0 Å². The Morgan fingerprint density at radius 2 is 2.00 bits per heavy atom. The first-order chi connectivity index (χ1) is 10.0. The van der Waals surface area contributed by atoms with Gasteiger partial charge in [0.2, 0.25) is 0 Å². The number of hydrogen-bond donors (Lipinski definition) is 1. The summed E-state index contributed by atoms with van der Waals surface area (Å²) in [5.41, 5.74) is 3.45. The molecule has 21 heavy (non-hydrogen) atoms. The molecule has 0 amide bonds. The van der Waals surface area contributed by atoms with Gasteiger partial charge in [-0.25, -0.2) is 4.39 Å². The molecule has 2 nitrogen and oxygen atoms in total. The molecule has 3 heteroatoms. The van der Waals surface area contributed by atoms with Crippen molar-refractivity contribution in [1.82, 2.24) is 9.88 Å². The third-order valence-corrected chi connectivity index (χ3v) is 3.89. The second kappa shape index (κ2) is 6.90. The second-order valence-electron chi connectivity index (χ2n) is 5.97. The fourth-order valence-electron chi connectivity index (χ4n) is 2.71. The van der Waals surface area contributed by atoms with E-state index in [1.807, 2.05) is 13.0 Å². The highest BCUT2D eigenvalue weighted by Gasteiger charge is 2.15. The second-order valence-corrected chi connectivity index (χ2v) is 5.97. The van der Waals surface area contributed by atoms with Crippen LogP contribution in [-0.2, 0) is 6.54 Å². The van der Waals surface area contributed by atoms with Crippen LogP contribution in [0.4, 0.5) is 4.39 Å². The van der Waals surface area contributed by atoms with E-state index in [1.54, 1.807) is 6.07 Å². The Kier molecular flexibility index (Phi) is 5.18. The third kappa shape index (κ3) is 3.94. The molecule has 0 aliphatic heterocycles. The average Bonchev–Trinajstić information content (AvgIpc) is 2.88. The summed E-state index contributed by atoms with van der Waals surface area (Å²) >= 11 is 0. The number of benzene rings is 1. The van der Waals surface area contributed by atoms with E-state index in [4.69, 9.17) is 0 Å². The summed E-state index contributed by atoms with van der Waals surface area (Å²) in [5, 5.41) is 3.52. The molecule has 0 radical (unpaired) electrons. The predicted molar refractivity (Wildman–Crippen MR) is 85.9 cm³/mol.